The molecule has 1 aromatic rings. The molecule has 29 heavy (non-hydrogen) atoms. The Morgan fingerprint density at radius 2 is 1.00 bits per heavy atom. The maximum absolute atomic E-state index is 2.43. The highest BCUT2D eigenvalue weighted by Gasteiger charge is 2.23. The molecule has 0 aliphatic rings. The molecule has 0 fully saturated rings. The van der Waals surface area contributed by atoms with Crippen molar-refractivity contribution in [2.45, 2.75) is 141 Å². The fourth-order valence-electron chi connectivity index (χ4n) is 4.96. The Labute approximate surface area is 185 Å². The third-order valence-corrected chi connectivity index (χ3v) is 10.9. The zero-order valence-corrected chi connectivity index (χ0v) is 21.4. The van der Waals surface area contributed by atoms with E-state index in [1.165, 1.54) is 103 Å². The normalized spacial score (nSPS) is 12.6. The van der Waals surface area contributed by atoms with Gasteiger partial charge in [0.2, 0.25) is 0 Å². The van der Waals surface area contributed by atoms with E-state index in [4.69, 9.17) is 0 Å². The number of hydrogen-bond acceptors (Lipinski definition) is 0. The van der Waals surface area contributed by atoms with Gasteiger partial charge in [0.05, 0.1) is 0 Å². The van der Waals surface area contributed by atoms with Crippen LogP contribution in [0.2, 0.25) is 12.1 Å². The molecule has 0 aliphatic carbocycles. The van der Waals surface area contributed by atoms with Crippen LogP contribution in [-0.4, -0.2) is 8.80 Å². The molecular formula is C28H52Si. The van der Waals surface area contributed by atoms with Crippen LogP contribution in [0.25, 0.3) is 0 Å². The predicted molar refractivity (Wildman–Crippen MR) is 137 cm³/mol. The Balaban J connectivity index is 2.49. The third kappa shape index (κ3) is 13.4. The molecule has 1 rings (SSSR count). The summed E-state index contributed by atoms with van der Waals surface area (Å²) in [6.45, 7) is 7.03. The minimum absolute atomic E-state index is 0.723. The molecule has 0 heterocycles. The molecule has 0 saturated carbocycles. The van der Waals surface area contributed by atoms with Crippen LogP contribution in [0, 0.1) is 0 Å². The van der Waals surface area contributed by atoms with Crippen LogP contribution in [0.3, 0.4) is 0 Å². The summed E-state index contributed by atoms with van der Waals surface area (Å²) in [6.07, 6.45) is 23.1. The first-order chi connectivity index (χ1) is 14.3. The average Bonchev–Trinajstić information content (AvgIpc) is 2.75. The van der Waals surface area contributed by atoms with Gasteiger partial charge in [-0.2, -0.15) is 0 Å². The summed E-state index contributed by atoms with van der Waals surface area (Å²) in [4.78, 5) is 0. The lowest BCUT2D eigenvalue weighted by Crippen LogP contribution is -2.24. The molecule has 168 valence electrons. The maximum atomic E-state index is 2.43. The van der Waals surface area contributed by atoms with E-state index >= 15 is 0 Å². The Bertz CT molecular complexity index is 423. The van der Waals surface area contributed by atoms with E-state index in [0.29, 0.717) is 0 Å². The Morgan fingerprint density at radius 1 is 0.552 bits per heavy atom. The smallest absolute Gasteiger partial charge is 0.0449 e. The van der Waals surface area contributed by atoms with Crippen molar-refractivity contribution in [1.29, 1.82) is 0 Å². The highest BCUT2D eigenvalue weighted by Crippen LogP contribution is 2.31. The van der Waals surface area contributed by atoms with Gasteiger partial charge in [0.1, 0.15) is 0 Å². The van der Waals surface area contributed by atoms with Crippen LogP contribution >= 0.6 is 0 Å². The second-order valence-corrected chi connectivity index (χ2v) is 12.9. The van der Waals surface area contributed by atoms with Crippen LogP contribution in [-0.2, 0) is 0 Å². The lowest BCUT2D eigenvalue weighted by Gasteiger charge is -2.27. The summed E-state index contributed by atoms with van der Waals surface area (Å²) in [6, 6.07) is 14.8. The largest absolute Gasteiger partial charge is 0.0654 e. The maximum Gasteiger partial charge on any atom is 0.0449 e. The Morgan fingerprint density at radius 3 is 1.45 bits per heavy atom. The molecule has 0 N–H and O–H groups in total. The molecule has 0 bridgehead atoms. The summed E-state index contributed by atoms with van der Waals surface area (Å²) in [5.41, 5.74) is 2.58. The van der Waals surface area contributed by atoms with Crippen molar-refractivity contribution in [3.05, 3.63) is 35.9 Å². The van der Waals surface area contributed by atoms with Crippen molar-refractivity contribution in [1.82, 2.24) is 0 Å². The molecule has 0 aromatic heterocycles. The first-order valence-corrected chi connectivity index (χ1v) is 15.7. The van der Waals surface area contributed by atoms with E-state index in [-0.39, 0.29) is 0 Å². The highest BCUT2D eigenvalue weighted by atomic mass is 28.3. The summed E-state index contributed by atoms with van der Waals surface area (Å²) in [5, 5.41) is 0. The molecular weight excluding hydrogens is 364 g/mol. The van der Waals surface area contributed by atoms with Crippen molar-refractivity contribution < 1.29 is 0 Å². The zero-order chi connectivity index (χ0) is 21.0. The van der Waals surface area contributed by atoms with Crippen molar-refractivity contribution >= 4 is 8.80 Å². The lowest BCUT2D eigenvalue weighted by molar-refractivity contribution is 0.593. The SMILES string of the molecule is CCCCCCCCC[SiH](CCCCCCCCC)C(CCC)c1ccccc1. The monoisotopic (exact) mass is 416 g/mol. The number of benzene rings is 1. The first-order valence-electron chi connectivity index (χ1n) is 13.4. The van der Waals surface area contributed by atoms with Crippen molar-refractivity contribution in [3.8, 4) is 0 Å². The zero-order valence-electron chi connectivity index (χ0n) is 20.3. The van der Waals surface area contributed by atoms with Gasteiger partial charge in [0, 0.05) is 8.80 Å². The first kappa shape index (κ1) is 26.5. The van der Waals surface area contributed by atoms with Gasteiger partial charge in [-0.05, 0) is 17.5 Å². The summed E-state index contributed by atoms with van der Waals surface area (Å²) in [7, 11) is -0.723. The number of rotatable bonds is 20. The number of unbranched alkanes of at least 4 members (excludes halogenated alkanes) is 12. The van der Waals surface area contributed by atoms with Crippen molar-refractivity contribution in [2.24, 2.45) is 0 Å². The molecule has 0 nitrogen and oxygen atoms in total. The van der Waals surface area contributed by atoms with Gasteiger partial charge in [-0.3, -0.25) is 0 Å². The fourth-order valence-corrected chi connectivity index (χ4v) is 9.25. The Kier molecular flexibility index (Phi) is 17.7. The van der Waals surface area contributed by atoms with E-state index in [9.17, 15) is 0 Å². The molecule has 0 saturated heterocycles. The quantitative estimate of drug-likeness (QED) is 0.146. The van der Waals surface area contributed by atoms with E-state index in [1.807, 2.05) is 0 Å². The van der Waals surface area contributed by atoms with E-state index in [1.54, 1.807) is 17.7 Å². The minimum atomic E-state index is -0.723. The van der Waals surface area contributed by atoms with E-state index in [2.05, 4.69) is 51.1 Å². The van der Waals surface area contributed by atoms with E-state index in [0.717, 1.165) is 5.54 Å². The molecule has 0 spiro atoms. The Hall–Kier alpha value is -0.563. The van der Waals surface area contributed by atoms with Gasteiger partial charge in [-0.1, -0.05) is 160 Å². The molecule has 1 aromatic carbocycles. The topological polar surface area (TPSA) is 0 Å². The minimum Gasteiger partial charge on any atom is -0.0654 e. The van der Waals surface area contributed by atoms with Crippen LogP contribution < -0.4 is 0 Å². The molecule has 1 heteroatoms. The van der Waals surface area contributed by atoms with Gasteiger partial charge in [0.25, 0.3) is 0 Å². The van der Waals surface area contributed by atoms with Gasteiger partial charge in [-0.15, -0.1) is 0 Å². The van der Waals surface area contributed by atoms with Crippen LogP contribution in [0.4, 0.5) is 0 Å². The molecule has 0 aliphatic heterocycles. The predicted octanol–water partition coefficient (Wildman–Crippen LogP) is 9.84. The van der Waals surface area contributed by atoms with E-state index < -0.39 is 8.80 Å². The van der Waals surface area contributed by atoms with Crippen molar-refractivity contribution in [3.63, 3.8) is 0 Å². The van der Waals surface area contributed by atoms with Gasteiger partial charge >= 0.3 is 0 Å². The molecule has 0 amide bonds. The molecule has 1 unspecified atom stereocenters. The van der Waals surface area contributed by atoms with Gasteiger partial charge in [0.15, 0.2) is 0 Å². The second-order valence-electron chi connectivity index (χ2n) is 9.39. The summed E-state index contributed by atoms with van der Waals surface area (Å²) >= 11 is 0. The van der Waals surface area contributed by atoms with Crippen LogP contribution in [0.5, 0.6) is 0 Å². The van der Waals surface area contributed by atoms with Crippen molar-refractivity contribution in [2.75, 3.05) is 0 Å². The molecule has 1 atom stereocenters. The lowest BCUT2D eigenvalue weighted by atomic mass is 10.1. The average molecular weight is 417 g/mol. The summed E-state index contributed by atoms with van der Waals surface area (Å²) in [5.74, 6) is 0. The fraction of sp³-hybridized carbons (Fsp3) is 0.786. The van der Waals surface area contributed by atoms with Crippen LogP contribution in [0.15, 0.2) is 30.3 Å². The van der Waals surface area contributed by atoms with Gasteiger partial charge < -0.3 is 0 Å². The standard InChI is InChI=1S/C28H52Si/c1-4-7-9-11-13-15-20-25-29(26-21-16-14-12-10-8-5-2)28(22-6-3)27-23-18-17-19-24-27/h17-19,23-24,28-29H,4-16,20-22,25-26H2,1-3H3. The third-order valence-electron chi connectivity index (χ3n) is 6.75. The summed E-state index contributed by atoms with van der Waals surface area (Å²) < 4.78 is 0. The van der Waals surface area contributed by atoms with Gasteiger partial charge in [-0.25, -0.2) is 0 Å². The number of hydrogen-bond donors (Lipinski definition) is 0. The van der Waals surface area contributed by atoms with Crippen LogP contribution in [0.1, 0.15) is 135 Å². The molecule has 0 radical (unpaired) electrons. The highest BCUT2D eigenvalue weighted by molar-refractivity contribution is 6.60. The second kappa shape index (κ2) is 19.4.